The molecule has 2 heterocycles. The lowest BCUT2D eigenvalue weighted by molar-refractivity contribution is -0.138. The van der Waals surface area contributed by atoms with Crippen molar-refractivity contribution in [2.75, 3.05) is 13.2 Å². The molecule has 4 atom stereocenters. The van der Waals surface area contributed by atoms with Crippen LogP contribution in [0.4, 0.5) is 4.79 Å². The van der Waals surface area contributed by atoms with Crippen molar-refractivity contribution in [2.45, 2.75) is 83.6 Å². The van der Waals surface area contributed by atoms with Crippen molar-refractivity contribution in [2.24, 2.45) is 5.92 Å². The van der Waals surface area contributed by atoms with Crippen molar-refractivity contribution in [1.82, 2.24) is 20.9 Å². The van der Waals surface area contributed by atoms with Crippen LogP contribution in [0.25, 0.3) is 0 Å². The first-order valence-corrected chi connectivity index (χ1v) is 14.6. The summed E-state index contributed by atoms with van der Waals surface area (Å²) in [4.78, 5) is 53.7. The van der Waals surface area contributed by atoms with Crippen molar-refractivity contribution < 1.29 is 34.1 Å². The van der Waals surface area contributed by atoms with Gasteiger partial charge in [-0.1, -0.05) is 56.3 Å². The number of benzene rings is 2. The van der Waals surface area contributed by atoms with E-state index in [2.05, 4.69) is 16.0 Å². The van der Waals surface area contributed by atoms with E-state index in [-0.39, 0.29) is 24.7 Å². The zero-order valence-corrected chi connectivity index (χ0v) is 25.5. The van der Waals surface area contributed by atoms with E-state index < -0.39 is 47.7 Å². The van der Waals surface area contributed by atoms with E-state index in [1.165, 1.54) is 0 Å². The summed E-state index contributed by atoms with van der Waals surface area (Å²) in [5, 5.41) is 29.8. The number of carboxylic acid groups (broad SMARTS) is 1. The Bertz CT molecular complexity index is 1240. The molecule has 0 fully saturated rings. The summed E-state index contributed by atoms with van der Waals surface area (Å²) in [6, 6.07) is 12.9. The number of ether oxygens (including phenoxy) is 1. The Balaban J connectivity index is 1.94. The van der Waals surface area contributed by atoms with Crippen LogP contribution >= 0.6 is 0 Å². The van der Waals surface area contributed by atoms with Crippen LogP contribution in [0.3, 0.4) is 0 Å². The SMILES string of the molecule is CC(C)[C@@H]1NC(=O)[C@@H](NC(=O)[C@H](O)[C@H](Cc2ccccc2)N(C(=O)O)C(C)(C)C)Cc2ccc(cc2)OCCCNC1=O. The molecule has 2 aliphatic rings. The van der Waals surface area contributed by atoms with E-state index in [1.807, 2.05) is 6.07 Å². The molecule has 5 N–H and O–H groups in total. The second-order valence-corrected chi connectivity index (χ2v) is 12.2. The van der Waals surface area contributed by atoms with Crippen LogP contribution in [0.5, 0.6) is 5.75 Å². The summed E-state index contributed by atoms with van der Waals surface area (Å²) >= 11 is 0. The molecule has 2 aromatic carbocycles. The van der Waals surface area contributed by atoms with Gasteiger partial charge in [0.05, 0.1) is 12.6 Å². The van der Waals surface area contributed by atoms with Crippen molar-refractivity contribution in [3.05, 3.63) is 65.7 Å². The highest BCUT2D eigenvalue weighted by atomic mass is 16.5. The summed E-state index contributed by atoms with van der Waals surface area (Å²) in [5.41, 5.74) is 0.495. The third kappa shape index (κ3) is 9.44. The maximum absolute atomic E-state index is 13.6. The number of hydrogen-bond acceptors (Lipinski definition) is 6. The van der Waals surface area contributed by atoms with Gasteiger partial charge in [-0.25, -0.2) is 4.79 Å². The first kappa shape index (κ1) is 33.4. The normalized spacial score (nSPS) is 19.6. The van der Waals surface area contributed by atoms with E-state index in [1.54, 1.807) is 83.1 Å². The maximum atomic E-state index is 13.6. The standard InChI is InChI=1S/C32H44N4O7/c1-20(2)26-29(39)33-16-9-17-43-23-14-12-22(13-15-23)18-24(28(38)35-26)34-30(40)27(37)25(19-21-10-7-6-8-11-21)36(31(41)42)32(3,4)5/h6-8,10-15,20,24-27,37H,9,16-19H2,1-5H3,(H,33,39)(H,34,40)(H,35,38)(H,41,42)/t24-,25-,26-,27+/m0/s1. The molecule has 2 bridgehead atoms. The molecule has 0 aromatic heterocycles. The number of carbonyl (C=O) groups is 4. The molecule has 0 saturated carbocycles. The number of fused-ring (bicyclic) bond motifs is 12. The van der Waals surface area contributed by atoms with Gasteiger partial charge in [-0.3, -0.25) is 19.3 Å². The number of aliphatic hydroxyl groups excluding tert-OH is 1. The Morgan fingerprint density at radius 3 is 2.28 bits per heavy atom. The Morgan fingerprint density at radius 2 is 1.70 bits per heavy atom. The predicted octanol–water partition coefficient (Wildman–Crippen LogP) is 2.50. The average molecular weight is 597 g/mol. The molecule has 43 heavy (non-hydrogen) atoms. The summed E-state index contributed by atoms with van der Waals surface area (Å²) in [6.45, 7) is 9.42. The highest BCUT2D eigenvalue weighted by molar-refractivity contribution is 5.93. The summed E-state index contributed by atoms with van der Waals surface area (Å²) in [7, 11) is 0. The van der Waals surface area contributed by atoms with Crippen LogP contribution < -0.4 is 20.7 Å². The minimum atomic E-state index is -1.81. The molecule has 0 saturated heterocycles. The Labute approximate surface area is 253 Å². The van der Waals surface area contributed by atoms with E-state index >= 15 is 0 Å². The van der Waals surface area contributed by atoms with E-state index in [4.69, 9.17) is 4.74 Å². The topological polar surface area (TPSA) is 157 Å². The fourth-order valence-corrected chi connectivity index (χ4v) is 5.10. The third-order valence-corrected chi connectivity index (χ3v) is 7.31. The monoisotopic (exact) mass is 596 g/mol. The minimum Gasteiger partial charge on any atom is -0.494 e. The van der Waals surface area contributed by atoms with Crippen LogP contribution in [0, 0.1) is 5.92 Å². The van der Waals surface area contributed by atoms with Gasteiger partial charge in [-0.05, 0) is 62.8 Å². The van der Waals surface area contributed by atoms with E-state index in [9.17, 15) is 29.4 Å². The van der Waals surface area contributed by atoms with Gasteiger partial charge in [-0.2, -0.15) is 0 Å². The lowest BCUT2D eigenvalue weighted by Gasteiger charge is -2.41. The van der Waals surface area contributed by atoms with Gasteiger partial charge in [0.2, 0.25) is 11.8 Å². The van der Waals surface area contributed by atoms with Crippen molar-refractivity contribution >= 4 is 23.8 Å². The maximum Gasteiger partial charge on any atom is 0.408 e. The molecule has 11 heteroatoms. The third-order valence-electron chi connectivity index (χ3n) is 7.31. The van der Waals surface area contributed by atoms with Gasteiger partial charge < -0.3 is 30.9 Å². The summed E-state index contributed by atoms with van der Waals surface area (Å²) in [5.74, 6) is -1.48. The smallest absolute Gasteiger partial charge is 0.408 e. The zero-order valence-electron chi connectivity index (χ0n) is 25.5. The fraction of sp³-hybridized carbons (Fsp3) is 0.500. The van der Waals surface area contributed by atoms with Crippen LogP contribution in [-0.4, -0.2) is 81.8 Å². The van der Waals surface area contributed by atoms with Crippen molar-refractivity contribution in [1.29, 1.82) is 0 Å². The van der Waals surface area contributed by atoms with Gasteiger partial charge >= 0.3 is 6.09 Å². The molecule has 2 aliphatic heterocycles. The van der Waals surface area contributed by atoms with Crippen LogP contribution in [0.1, 0.15) is 52.2 Å². The number of nitrogens with one attached hydrogen (secondary N) is 3. The quantitative estimate of drug-likeness (QED) is 0.329. The predicted molar refractivity (Wildman–Crippen MR) is 162 cm³/mol. The van der Waals surface area contributed by atoms with Crippen molar-refractivity contribution in [3.63, 3.8) is 0 Å². The lowest BCUT2D eigenvalue weighted by Crippen LogP contribution is -2.62. The minimum absolute atomic E-state index is 0.0578. The molecule has 234 valence electrons. The first-order chi connectivity index (χ1) is 20.3. The molecule has 0 radical (unpaired) electrons. The number of hydrogen-bond donors (Lipinski definition) is 5. The zero-order chi connectivity index (χ0) is 31.7. The molecular formula is C32H44N4O7. The lowest BCUT2D eigenvalue weighted by atomic mass is 9.94. The molecule has 4 amide bonds. The van der Waals surface area contributed by atoms with Gasteiger partial charge in [0.25, 0.3) is 5.91 Å². The first-order valence-electron chi connectivity index (χ1n) is 14.6. The number of rotatable bonds is 7. The van der Waals surface area contributed by atoms with E-state index in [0.717, 1.165) is 10.5 Å². The number of carbonyl (C=O) groups excluding carboxylic acids is 3. The Kier molecular flexibility index (Phi) is 11.5. The molecule has 11 nitrogen and oxygen atoms in total. The van der Waals surface area contributed by atoms with Gasteiger partial charge in [-0.15, -0.1) is 0 Å². The highest BCUT2D eigenvalue weighted by Crippen LogP contribution is 2.23. The second kappa shape index (κ2) is 14.9. The molecule has 0 unspecified atom stereocenters. The second-order valence-electron chi connectivity index (χ2n) is 12.2. The summed E-state index contributed by atoms with van der Waals surface area (Å²) < 4.78 is 5.74. The van der Waals surface area contributed by atoms with Gasteiger partial charge in [0.1, 0.15) is 17.8 Å². The fourth-order valence-electron chi connectivity index (χ4n) is 5.10. The van der Waals surface area contributed by atoms with E-state index in [0.29, 0.717) is 30.9 Å². The highest BCUT2D eigenvalue weighted by Gasteiger charge is 2.41. The molecule has 0 aliphatic carbocycles. The number of amides is 4. The number of nitrogens with zero attached hydrogens (tertiary/aromatic N) is 1. The van der Waals surface area contributed by atoms with Crippen LogP contribution in [0.15, 0.2) is 54.6 Å². The van der Waals surface area contributed by atoms with Gasteiger partial charge in [0.15, 0.2) is 6.10 Å². The molecule has 0 spiro atoms. The molecule has 2 aromatic rings. The van der Waals surface area contributed by atoms with Crippen LogP contribution in [0.2, 0.25) is 0 Å². The molecular weight excluding hydrogens is 552 g/mol. The molecule has 4 rings (SSSR count). The average Bonchev–Trinajstić information content (AvgIpc) is 2.94. The number of aliphatic hydroxyl groups is 1. The van der Waals surface area contributed by atoms with Crippen molar-refractivity contribution in [3.8, 4) is 5.75 Å². The Morgan fingerprint density at radius 1 is 1.05 bits per heavy atom. The largest absolute Gasteiger partial charge is 0.494 e. The van der Waals surface area contributed by atoms with Gasteiger partial charge in [0, 0.05) is 18.5 Å². The summed E-state index contributed by atoms with van der Waals surface area (Å²) in [6.07, 6.45) is -2.40. The van der Waals surface area contributed by atoms with Crippen LogP contribution in [-0.2, 0) is 27.2 Å². The Hall–Kier alpha value is -4.12.